The maximum atomic E-state index is 5.68. The number of hydrogen-bond donors (Lipinski definition) is 0. The molecule has 5 nitrogen and oxygen atoms in total. The van der Waals surface area contributed by atoms with Gasteiger partial charge in [0.15, 0.2) is 5.82 Å². The van der Waals surface area contributed by atoms with E-state index in [-0.39, 0.29) is 6.04 Å². The Hall–Kier alpha value is -3.60. The van der Waals surface area contributed by atoms with Crippen molar-refractivity contribution in [3.05, 3.63) is 90.0 Å². The summed E-state index contributed by atoms with van der Waals surface area (Å²) in [7, 11) is 1.68. The predicted octanol–water partition coefficient (Wildman–Crippen LogP) is 5.57. The molecule has 1 aliphatic heterocycles. The first-order valence-corrected chi connectivity index (χ1v) is 9.64. The summed E-state index contributed by atoms with van der Waals surface area (Å²) in [5, 5.41) is 4.89. The van der Waals surface area contributed by atoms with Gasteiger partial charge in [0.2, 0.25) is 0 Å². The Bertz CT molecular complexity index is 1160. The molecule has 29 heavy (non-hydrogen) atoms. The lowest BCUT2D eigenvalue weighted by atomic mass is 9.97. The number of nitrogens with zero attached hydrogens (tertiary/aromatic N) is 3. The van der Waals surface area contributed by atoms with Gasteiger partial charge in [-0.25, -0.2) is 9.67 Å². The van der Waals surface area contributed by atoms with Crippen LogP contribution in [0.5, 0.6) is 5.75 Å². The molecule has 0 fully saturated rings. The first-order valence-electron chi connectivity index (χ1n) is 9.64. The van der Waals surface area contributed by atoms with Crippen molar-refractivity contribution in [3.63, 3.8) is 0 Å². The van der Waals surface area contributed by atoms with Gasteiger partial charge in [0.05, 0.1) is 30.8 Å². The third-order valence-electron chi connectivity index (χ3n) is 5.35. The molecular weight excluding hydrogens is 362 g/mol. The summed E-state index contributed by atoms with van der Waals surface area (Å²) in [4.78, 5) is 4.99. The fourth-order valence-corrected chi connectivity index (χ4v) is 3.93. The summed E-state index contributed by atoms with van der Waals surface area (Å²) in [6.07, 6.45) is 2.40. The van der Waals surface area contributed by atoms with Crippen LogP contribution in [0, 0.1) is 6.92 Å². The zero-order valence-electron chi connectivity index (χ0n) is 16.4. The highest BCUT2D eigenvalue weighted by atomic mass is 16.5. The van der Waals surface area contributed by atoms with Crippen molar-refractivity contribution in [3.8, 4) is 16.9 Å². The molecule has 3 heterocycles. The lowest BCUT2D eigenvalue weighted by Gasteiger charge is -2.24. The molecule has 0 N–H and O–H groups in total. The van der Waals surface area contributed by atoms with Crippen LogP contribution in [-0.4, -0.2) is 22.6 Å². The van der Waals surface area contributed by atoms with E-state index in [1.54, 1.807) is 13.4 Å². The molecule has 5 rings (SSSR count). The van der Waals surface area contributed by atoms with Crippen LogP contribution >= 0.6 is 0 Å². The van der Waals surface area contributed by atoms with Crippen LogP contribution in [-0.2, 0) is 0 Å². The van der Waals surface area contributed by atoms with E-state index < -0.39 is 0 Å². The number of benzene rings is 2. The van der Waals surface area contributed by atoms with Crippen molar-refractivity contribution in [1.82, 2.24) is 9.78 Å². The normalized spacial score (nSPS) is 15.7. The van der Waals surface area contributed by atoms with E-state index in [1.807, 2.05) is 54.1 Å². The largest absolute Gasteiger partial charge is 0.497 e. The number of fused-ring (bicyclic) bond motifs is 1. The van der Waals surface area contributed by atoms with Crippen LogP contribution in [0.1, 0.15) is 29.5 Å². The summed E-state index contributed by atoms with van der Waals surface area (Å²) in [5.41, 5.74) is 5.24. The lowest BCUT2D eigenvalue weighted by Crippen LogP contribution is -2.21. The van der Waals surface area contributed by atoms with Crippen LogP contribution in [0.2, 0.25) is 0 Å². The molecule has 0 aliphatic carbocycles. The molecular formula is C24H21N3O2. The topological polar surface area (TPSA) is 52.6 Å². The predicted molar refractivity (Wildman–Crippen MR) is 113 cm³/mol. The molecule has 0 radical (unpaired) electrons. The minimum atomic E-state index is 0.0321. The van der Waals surface area contributed by atoms with Crippen molar-refractivity contribution in [2.24, 2.45) is 4.99 Å². The zero-order valence-corrected chi connectivity index (χ0v) is 16.4. The van der Waals surface area contributed by atoms with Gasteiger partial charge in [0, 0.05) is 12.0 Å². The van der Waals surface area contributed by atoms with Gasteiger partial charge in [-0.2, -0.15) is 5.10 Å². The Morgan fingerprint density at radius 2 is 1.79 bits per heavy atom. The third-order valence-corrected chi connectivity index (χ3v) is 5.35. The maximum Gasteiger partial charge on any atom is 0.159 e. The van der Waals surface area contributed by atoms with Gasteiger partial charge in [-0.1, -0.05) is 42.5 Å². The minimum Gasteiger partial charge on any atom is -0.497 e. The SMILES string of the molecule is COc1ccc([C@H]2CC(c3ccco3)=Nc3c(-c4ccccc4)c(C)nn32)cc1. The highest BCUT2D eigenvalue weighted by Gasteiger charge is 2.30. The van der Waals surface area contributed by atoms with Gasteiger partial charge in [-0.05, 0) is 42.3 Å². The second kappa shape index (κ2) is 7.09. The summed E-state index contributed by atoms with van der Waals surface area (Å²) in [6, 6.07) is 22.4. The summed E-state index contributed by atoms with van der Waals surface area (Å²) in [6.45, 7) is 2.04. The van der Waals surface area contributed by atoms with Crippen molar-refractivity contribution in [2.45, 2.75) is 19.4 Å². The molecule has 144 valence electrons. The molecule has 4 aromatic rings. The van der Waals surface area contributed by atoms with Crippen molar-refractivity contribution in [2.75, 3.05) is 7.11 Å². The Labute approximate surface area is 169 Å². The zero-order chi connectivity index (χ0) is 19.8. The average Bonchev–Trinajstić information content (AvgIpc) is 3.41. The molecule has 1 aliphatic rings. The van der Waals surface area contributed by atoms with E-state index in [9.17, 15) is 0 Å². The van der Waals surface area contributed by atoms with Crippen LogP contribution in [0.25, 0.3) is 11.1 Å². The fourth-order valence-electron chi connectivity index (χ4n) is 3.93. The smallest absolute Gasteiger partial charge is 0.159 e. The summed E-state index contributed by atoms with van der Waals surface area (Å²) < 4.78 is 13.1. The molecule has 0 saturated carbocycles. The summed E-state index contributed by atoms with van der Waals surface area (Å²) >= 11 is 0. The van der Waals surface area contributed by atoms with Gasteiger partial charge >= 0.3 is 0 Å². The lowest BCUT2D eigenvalue weighted by molar-refractivity contribution is 0.414. The molecule has 1 atom stereocenters. The van der Waals surface area contributed by atoms with Crippen molar-refractivity contribution >= 4 is 11.5 Å². The number of aliphatic imine (C=N–C) groups is 1. The van der Waals surface area contributed by atoms with Crippen molar-refractivity contribution in [1.29, 1.82) is 0 Å². The molecule has 2 aromatic heterocycles. The fraction of sp³-hybridized carbons (Fsp3) is 0.167. The van der Waals surface area contributed by atoms with Crippen molar-refractivity contribution < 1.29 is 9.15 Å². The quantitative estimate of drug-likeness (QED) is 0.463. The summed E-state index contributed by atoms with van der Waals surface area (Å²) in [5.74, 6) is 2.51. The first-order chi connectivity index (χ1) is 14.2. The molecule has 0 saturated heterocycles. The van der Waals surface area contributed by atoms with Gasteiger partial charge < -0.3 is 9.15 Å². The highest BCUT2D eigenvalue weighted by Crippen LogP contribution is 2.41. The Morgan fingerprint density at radius 3 is 2.48 bits per heavy atom. The Kier molecular flexibility index (Phi) is 4.28. The average molecular weight is 383 g/mol. The van der Waals surface area contributed by atoms with Gasteiger partial charge in [-0.3, -0.25) is 0 Å². The van der Waals surface area contributed by atoms with Crippen LogP contribution < -0.4 is 4.74 Å². The molecule has 0 spiro atoms. The monoisotopic (exact) mass is 383 g/mol. The third kappa shape index (κ3) is 3.05. The Morgan fingerprint density at radius 1 is 1.00 bits per heavy atom. The van der Waals surface area contributed by atoms with Crippen LogP contribution in [0.4, 0.5) is 5.82 Å². The van der Waals surface area contributed by atoms with E-state index >= 15 is 0 Å². The molecule has 5 heteroatoms. The van der Waals surface area contributed by atoms with Crippen LogP contribution in [0.15, 0.2) is 82.4 Å². The van der Waals surface area contributed by atoms with Gasteiger partial charge in [-0.15, -0.1) is 0 Å². The molecule has 0 bridgehead atoms. The van der Waals surface area contributed by atoms with Crippen LogP contribution in [0.3, 0.4) is 0 Å². The Balaban J connectivity index is 1.69. The number of ether oxygens (including phenoxy) is 1. The molecule has 0 amide bonds. The number of hydrogen-bond acceptors (Lipinski definition) is 4. The first kappa shape index (κ1) is 17.5. The van der Waals surface area contributed by atoms with E-state index in [2.05, 4.69) is 24.3 Å². The second-order valence-corrected chi connectivity index (χ2v) is 7.12. The maximum absolute atomic E-state index is 5.68. The number of aromatic nitrogens is 2. The van der Waals surface area contributed by atoms with E-state index in [0.29, 0.717) is 6.42 Å². The van der Waals surface area contributed by atoms with E-state index in [0.717, 1.165) is 45.4 Å². The second-order valence-electron chi connectivity index (χ2n) is 7.12. The molecule has 2 aromatic carbocycles. The number of furan rings is 1. The van der Waals surface area contributed by atoms with Gasteiger partial charge in [0.25, 0.3) is 0 Å². The number of rotatable bonds is 4. The van der Waals surface area contributed by atoms with Gasteiger partial charge in [0.1, 0.15) is 11.5 Å². The standard InChI is InChI=1S/C24H21N3O2/c1-16-23(18-7-4-3-5-8-18)24-25-20(22-9-6-14-29-22)15-21(27(24)26-16)17-10-12-19(28-2)13-11-17/h3-14,21H,15H2,1-2H3/t21-/m1/s1. The van der Waals surface area contributed by atoms with E-state index in [4.69, 9.17) is 19.2 Å². The number of methoxy groups -OCH3 is 1. The number of aryl methyl sites for hydroxylation is 1. The minimum absolute atomic E-state index is 0.0321. The van der Waals surface area contributed by atoms with E-state index in [1.165, 1.54) is 0 Å². The molecule has 0 unspecified atom stereocenters. The highest BCUT2D eigenvalue weighted by molar-refractivity contribution is 6.02.